The van der Waals surface area contributed by atoms with E-state index in [2.05, 4.69) is 0 Å². The van der Waals surface area contributed by atoms with Crippen molar-refractivity contribution in [2.75, 3.05) is 0 Å². The number of hydrogen-bond donors (Lipinski definition) is 1. The molecule has 0 aromatic rings. The summed E-state index contributed by atoms with van der Waals surface area (Å²) in [5.74, 6) is 1.69. The highest BCUT2D eigenvalue weighted by Gasteiger charge is 2.59. The van der Waals surface area contributed by atoms with Crippen LogP contribution >= 0.6 is 0 Å². The van der Waals surface area contributed by atoms with Gasteiger partial charge in [-0.1, -0.05) is 6.92 Å². The van der Waals surface area contributed by atoms with Gasteiger partial charge in [-0.3, -0.25) is 4.79 Å². The highest BCUT2D eigenvalue weighted by Crippen LogP contribution is 2.58. The Balaban J connectivity index is 1.81. The average Bonchev–Trinajstić information content (AvgIpc) is 2.54. The minimum absolute atomic E-state index is 0.104. The van der Waals surface area contributed by atoms with E-state index in [1.807, 2.05) is 0 Å². The molecule has 27 heavy (non-hydrogen) atoms. The zero-order valence-corrected chi connectivity index (χ0v) is 16.8. The van der Waals surface area contributed by atoms with Gasteiger partial charge in [0.05, 0.1) is 5.41 Å². The van der Waals surface area contributed by atoms with E-state index in [1.54, 1.807) is 20.8 Å². The summed E-state index contributed by atoms with van der Waals surface area (Å²) in [4.78, 5) is 12.5. The predicted octanol–water partition coefficient (Wildman–Crippen LogP) is 5.11. The Morgan fingerprint density at radius 2 is 1.52 bits per heavy atom. The summed E-state index contributed by atoms with van der Waals surface area (Å²) in [5.41, 5.74) is -3.91. The van der Waals surface area contributed by atoms with Crippen molar-refractivity contribution < 1.29 is 27.8 Å². The normalized spacial score (nSPS) is 36.4. The molecule has 0 aliphatic heterocycles. The molecule has 4 fully saturated rings. The number of rotatable bonds is 6. The summed E-state index contributed by atoms with van der Waals surface area (Å²) in [6.07, 6.45) is -0.265. The third-order valence-electron chi connectivity index (χ3n) is 7.79. The van der Waals surface area contributed by atoms with Crippen molar-refractivity contribution in [3.8, 4) is 0 Å². The van der Waals surface area contributed by atoms with Gasteiger partial charge in [-0.15, -0.1) is 0 Å². The molecule has 4 aliphatic carbocycles. The van der Waals surface area contributed by atoms with Crippen LogP contribution in [-0.2, 0) is 9.53 Å². The number of ether oxygens (including phenoxy) is 1. The van der Waals surface area contributed by atoms with Crippen molar-refractivity contribution in [3.05, 3.63) is 0 Å². The van der Waals surface area contributed by atoms with Crippen LogP contribution < -0.4 is 0 Å². The molecule has 0 aromatic carbocycles. The highest BCUT2D eigenvalue weighted by atomic mass is 19.4. The Morgan fingerprint density at radius 1 is 1.04 bits per heavy atom. The lowest BCUT2D eigenvalue weighted by Gasteiger charge is -2.55. The maximum absolute atomic E-state index is 13.6. The van der Waals surface area contributed by atoms with Gasteiger partial charge < -0.3 is 9.84 Å². The van der Waals surface area contributed by atoms with E-state index in [1.165, 1.54) is 6.42 Å². The van der Waals surface area contributed by atoms with Crippen LogP contribution in [0.4, 0.5) is 13.2 Å². The first-order valence-electron chi connectivity index (χ1n) is 10.3. The number of aliphatic hydroxyl groups is 1. The van der Waals surface area contributed by atoms with E-state index in [-0.39, 0.29) is 12.3 Å². The van der Waals surface area contributed by atoms with Crippen LogP contribution in [0.15, 0.2) is 0 Å². The van der Waals surface area contributed by atoms with Gasteiger partial charge in [0, 0.05) is 0 Å². The van der Waals surface area contributed by atoms with E-state index >= 15 is 0 Å². The monoisotopic (exact) mass is 390 g/mol. The molecule has 4 saturated carbocycles. The molecule has 2 atom stereocenters. The molecule has 0 radical (unpaired) electrons. The molecule has 4 aliphatic rings. The molecule has 4 bridgehead atoms. The second kappa shape index (κ2) is 6.93. The quantitative estimate of drug-likeness (QED) is 0.641. The Bertz CT molecular complexity index is 540. The summed E-state index contributed by atoms with van der Waals surface area (Å²) in [5, 5.41) is 10.4. The SMILES string of the molecule is CCC(C)(C)C(=O)OC(CC1C2CC3CC(C2)CC1C3)C(C)(O)C(F)(F)F. The van der Waals surface area contributed by atoms with Gasteiger partial charge >= 0.3 is 12.1 Å². The molecular formula is C21H33F3O3. The molecule has 0 spiro atoms. The van der Waals surface area contributed by atoms with Crippen LogP contribution in [0.1, 0.15) is 72.6 Å². The third kappa shape index (κ3) is 3.88. The fourth-order valence-electron chi connectivity index (χ4n) is 5.68. The lowest BCUT2D eigenvalue weighted by molar-refractivity contribution is -0.290. The van der Waals surface area contributed by atoms with E-state index in [0.717, 1.165) is 32.6 Å². The van der Waals surface area contributed by atoms with Crippen molar-refractivity contribution in [2.24, 2.45) is 35.0 Å². The zero-order chi connectivity index (χ0) is 20.2. The summed E-state index contributed by atoms with van der Waals surface area (Å²) >= 11 is 0. The zero-order valence-electron chi connectivity index (χ0n) is 16.8. The molecule has 0 saturated heterocycles. The second-order valence-corrected chi connectivity index (χ2v) is 10.1. The Kier molecular flexibility index (Phi) is 5.37. The minimum atomic E-state index is -4.85. The Hall–Kier alpha value is -0.780. The van der Waals surface area contributed by atoms with E-state index in [4.69, 9.17) is 4.74 Å². The largest absolute Gasteiger partial charge is 0.459 e. The summed E-state index contributed by atoms with van der Waals surface area (Å²) in [7, 11) is 0. The number of carbonyl (C=O) groups excluding carboxylic acids is 1. The lowest BCUT2D eigenvalue weighted by atomic mass is 9.51. The predicted molar refractivity (Wildman–Crippen MR) is 95.8 cm³/mol. The fourth-order valence-corrected chi connectivity index (χ4v) is 5.68. The number of alkyl halides is 3. The van der Waals surface area contributed by atoms with Crippen LogP contribution in [0, 0.1) is 35.0 Å². The summed E-state index contributed by atoms with van der Waals surface area (Å²) in [6.45, 7) is 5.88. The highest BCUT2D eigenvalue weighted by molar-refractivity contribution is 5.76. The Morgan fingerprint density at radius 3 is 1.93 bits per heavy atom. The molecule has 4 rings (SSSR count). The van der Waals surface area contributed by atoms with Crippen molar-refractivity contribution in [1.29, 1.82) is 0 Å². The smallest absolute Gasteiger partial charge is 0.420 e. The molecule has 2 unspecified atom stereocenters. The molecule has 1 N–H and O–H groups in total. The fraction of sp³-hybridized carbons (Fsp3) is 0.952. The first kappa shape index (κ1) is 20.9. The van der Waals surface area contributed by atoms with Crippen LogP contribution in [0.25, 0.3) is 0 Å². The van der Waals surface area contributed by atoms with Crippen molar-refractivity contribution >= 4 is 5.97 Å². The second-order valence-electron chi connectivity index (χ2n) is 10.1. The number of hydrogen-bond acceptors (Lipinski definition) is 3. The average molecular weight is 390 g/mol. The van der Waals surface area contributed by atoms with Gasteiger partial charge in [-0.25, -0.2) is 0 Å². The van der Waals surface area contributed by atoms with Crippen LogP contribution in [0.5, 0.6) is 0 Å². The molecule has 6 heteroatoms. The standard InChI is InChI=1S/C21H33F3O3/c1-5-19(2,3)18(25)27-17(20(4,26)21(22,23)24)11-16-14-7-12-6-13(9-14)10-15(16)8-12/h12-17,26H,5-11H2,1-4H3. The first-order chi connectivity index (χ1) is 12.3. The molecule has 0 aromatic heterocycles. The van der Waals surface area contributed by atoms with Crippen LogP contribution in [0.2, 0.25) is 0 Å². The van der Waals surface area contributed by atoms with Gasteiger partial charge in [0.1, 0.15) is 6.10 Å². The van der Waals surface area contributed by atoms with Gasteiger partial charge in [-0.05, 0) is 95.3 Å². The minimum Gasteiger partial charge on any atom is -0.459 e. The van der Waals surface area contributed by atoms with Gasteiger partial charge in [0.2, 0.25) is 0 Å². The maximum atomic E-state index is 13.6. The molecule has 0 amide bonds. The number of halogens is 3. The van der Waals surface area contributed by atoms with E-state index in [0.29, 0.717) is 30.1 Å². The summed E-state index contributed by atoms with van der Waals surface area (Å²) < 4.78 is 46.1. The third-order valence-corrected chi connectivity index (χ3v) is 7.79. The number of carbonyl (C=O) groups is 1. The Labute approximate surface area is 160 Å². The summed E-state index contributed by atoms with van der Waals surface area (Å²) in [6, 6.07) is 0. The van der Waals surface area contributed by atoms with Gasteiger partial charge in [0.25, 0.3) is 0 Å². The van der Waals surface area contributed by atoms with E-state index < -0.39 is 29.3 Å². The van der Waals surface area contributed by atoms with Crippen molar-refractivity contribution in [3.63, 3.8) is 0 Å². The maximum Gasteiger partial charge on any atom is 0.420 e. The van der Waals surface area contributed by atoms with E-state index in [9.17, 15) is 23.1 Å². The van der Waals surface area contributed by atoms with Crippen molar-refractivity contribution in [1.82, 2.24) is 0 Å². The van der Waals surface area contributed by atoms with Crippen LogP contribution in [-0.4, -0.2) is 29.0 Å². The topological polar surface area (TPSA) is 46.5 Å². The molecule has 3 nitrogen and oxygen atoms in total. The first-order valence-corrected chi connectivity index (χ1v) is 10.3. The van der Waals surface area contributed by atoms with Gasteiger partial charge in [0.15, 0.2) is 5.60 Å². The lowest BCUT2D eigenvalue weighted by Crippen LogP contribution is -2.56. The molecule has 0 heterocycles. The molecular weight excluding hydrogens is 357 g/mol. The van der Waals surface area contributed by atoms with Crippen molar-refractivity contribution in [2.45, 2.75) is 90.5 Å². The van der Waals surface area contributed by atoms with Gasteiger partial charge in [-0.2, -0.15) is 13.2 Å². The van der Waals surface area contributed by atoms with Crippen LogP contribution in [0.3, 0.4) is 0 Å². The number of esters is 1. The molecule has 156 valence electrons.